The van der Waals surface area contributed by atoms with Crippen molar-refractivity contribution in [2.75, 3.05) is 6.54 Å². The normalized spacial score (nSPS) is 11.6. The van der Waals surface area contributed by atoms with Gasteiger partial charge in [0.1, 0.15) is 28.3 Å². The summed E-state index contributed by atoms with van der Waals surface area (Å²) in [5.74, 6) is 2.23. The first kappa shape index (κ1) is 18.6. The molecule has 0 radical (unpaired) electrons. The van der Waals surface area contributed by atoms with Crippen LogP contribution >= 0.6 is 23.8 Å². The third-order valence-electron chi connectivity index (χ3n) is 3.38. The molecule has 0 fully saturated rings. The van der Waals surface area contributed by atoms with E-state index in [1.165, 1.54) is 0 Å². The SMILES string of the molecule is CCCCNC(=S)C(C)Oc1ccc(Oc2ccc(Cl)cc2)cc1. The Kier molecular flexibility index (Phi) is 7.35. The largest absolute Gasteiger partial charge is 0.484 e. The molecular weight excluding hydrogens is 342 g/mol. The van der Waals surface area contributed by atoms with Crippen LogP contribution in [0.25, 0.3) is 0 Å². The summed E-state index contributed by atoms with van der Waals surface area (Å²) in [5.41, 5.74) is 0. The molecule has 0 amide bonds. The van der Waals surface area contributed by atoms with E-state index in [1.54, 1.807) is 12.1 Å². The molecule has 0 aliphatic heterocycles. The molecule has 24 heavy (non-hydrogen) atoms. The van der Waals surface area contributed by atoms with E-state index in [4.69, 9.17) is 33.3 Å². The molecule has 128 valence electrons. The highest BCUT2D eigenvalue weighted by molar-refractivity contribution is 7.80. The minimum absolute atomic E-state index is 0.167. The maximum atomic E-state index is 5.86. The van der Waals surface area contributed by atoms with Crippen LogP contribution in [-0.4, -0.2) is 17.6 Å². The highest BCUT2D eigenvalue weighted by atomic mass is 35.5. The summed E-state index contributed by atoms with van der Waals surface area (Å²) in [4.78, 5) is 0.727. The fraction of sp³-hybridized carbons (Fsp3) is 0.316. The second-order valence-electron chi connectivity index (χ2n) is 5.43. The predicted octanol–water partition coefficient (Wildman–Crippen LogP) is 5.62. The number of unbranched alkanes of at least 4 members (excludes halogenated alkanes) is 1. The van der Waals surface area contributed by atoms with E-state index in [9.17, 15) is 0 Å². The molecule has 0 spiro atoms. The van der Waals surface area contributed by atoms with E-state index >= 15 is 0 Å². The molecule has 0 aliphatic carbocycles. The summed E-state index contributed by atoms with van der Waals surface area (Å²) >= 11 is 11.2. The van der Waals surface area contributed by atoms with Crippen LogP contribution in [0.1, 0.15) is 26.7 Å². The van der Waals surface area contributed by atoms with Crippen molar-refractivity contribution in [3.63, 3.8) is 0 Å². The van der Waals surface area contributed by atoms with Crippen LogP contribution in [0, 0.1) is 0 Å². The topological polar surface area (TPSA) is 30.5 Å². The maximum Gasteiger partial charge on any atom is 0.146 e. The van der Waals surface area contributed by atoms with Gasteiger partial charge in [0.05, 0.1) is 0 Å². The Labute approximate surface area is 153 Å². The number of ether oxygens (including phenoxy) is 2. The lowest BCUT2D eigenvalue weighted by molar-refractivity contribution is 0.285. The van der Waals surface area contributed by atoms with Crippen LogP contribution < -0.4 is 14.8 Å². The zero-order valence-electron chi connectivity index (χ0n) is 13.9. The summed E-state index contributed by atoms with van der Waals surface area (Å²) < 4.78 is 11.6. The van der Waals surface area contributed by atoms with Crippen molar-refractivity contribution in [1.29, 1.82) is 0 Å². The van der Waals surface area contributed by atoms with Gasteiger partial charge in [0.15, 0.2) is 0 Å². The molecular formula is C19H22ClNO2S. The first-order valence-corrected chi connectivity index (χ1v) is 8.85. The van der Waals surface area contributed by atoms with Crippen LogP contribution in [0.5, 0.6) is 17.2 Å². The number of nitrogens with one attached hydrogen (secondary N) is 1. The number of hydrogen-bond donors (Lipinski definition) is 1. The molecule has 0 aliphatic rings. The van der Waals surface area contributed by atoms with E-state index in [1.807, 2.05) is 43.3 Å². The molecule has 5 heteroatoms. The van der Waals surface area contributed by atoms with Crippen molar-refractivity contribution >= 4 is 28.8 Å². The van der Waals surface area contributed by atoms with Crippen molar-refractivity contribution in [3.05, 3.63) is 53.6 Å². The Bertz CT molecular complexity index is 643. The van der Waals surface area contributed by atoms with Gasteiger partial charge in [0.25, 0.3) is 0 Å². The fourth-order valence-electron chi connectivity index (χ4n) is 2.01. The smallest absolute Gasteiger partial charge is 0.146 e. The lowest BCUT2D eigenvalue weighted by Crippen LogP contribution is -2.35. The van der Waals surface area contributed by atoms with Gasteiger partial charge in [-0.3, -0.25) is 0 Å². The fourth-order valence-corrected chi connectivity index (χ4v) is 2.29. The summed E-state index contributed by atoms with van der Waals surface area (Å²) in [5, 5.41) is 3.91. The number of rotatable bonds is 8. The van der Waals surface area contributed by atoms with Crippen LogP contribution in [0.4, 0.5) is 0 Å². The van der Waals surface area contributed by atoms with Crippen LogP contribution in [-0.2, 0) is 0 Å². The summed E-state index contributed by atoms with van der Waals surface area (Å²) in [6.45, 7) is 4.98. The summed E-state index contributed by atoms with van der Waals surface area (Å²) in [6, 6.07) is 14.7. The molecule has 0 saturated heterocycles. The highest BCUT2D eigenvalue weighted by Gasteiger charge is 2.10. The predicted molar refractivity (Wildman–Crippen MR) is 104 cm³/mol. The van der Waals surface area contributed by atoms with Crippen molar-refractivity contribution < 1.29 is 9.47 Å². The van der Waals surface area contributed by atoms with Gasteiger partial charge in [-0.2, -0.15) is 0 Å². The van der Waals surface area contributed by atoms with Gasteiger partial charge in [0.2, 0.25) is 0 Å². The minimum atomic E-state index is -0.167. The molecule has 0 bridgehead atoms. The number of halogens is 1. The first-order chi connectivity index (χ1) is 11.6. The molecule has 1 atom stereocenters. The van der Waals surface area contributed by atoms with Gasteiger partial charge in [-0.15, -0.1) is 0 Å². The van der Waals surface area contributed by atoms with Crippen LogP contribution in [0.3, 0.4) is 0 Å². The van der Waals surface area contributed by atoms with Gasteiger partial charge in [-0.25, -0.2) is 0 Å². The lowest BCUT2D eigenvalue weighted by atomic mass is 10.3. The summed E-state index contributed by atoms with van der Waals surface area (Å²) in [6.07, 6.45) is 2.07. The van der Waals surface area contributed by atoms with Crippen molar-refractivity contribution in [3.8, 4) is 17.2 Å². The molecule has 1 N–H and O–H groups in total. The van der Waals surface area contributed by atoms with E-state index in [0.717, 1.165) is 41.6 Å². The van der Waals surface area contributed by atoms with Crippen LogP contribution in [0.15, 0.2) is 48.5 Å². The molecule has 0 heterocycles. The maximum absolute atomic E-state index is 5.86. The van der Waals surface area contributed by atoms with Gasteiger partial charge in [-0.1, -0.05) is 37.2 Å². The zero-order valence-corrected chi connectivity index (χ0v) is 15.5. The highest BCUT2D eigenvalue weighted by Crippen LogP contribution is 2.25. The number of hydrogen-bond acceptors (Lipinski definition) is 3. The Morgan fingerprint density at radius 1 is 1.04 bits per heavy atom. The first-order valence-electron chi connectivity index (χ1n) is 8.06. The second kappa shape index (κ2) is 9.50. The third-order valence-corrected chi connectivity index (χ3v) is 4.11. The Morgan fingerprint density at radius 2 is 1.58 bits per heavy atom. The minimum Gasteiger partial charge on any atom is -0.484 e. The zero-order chi connectivity index (χ0) is 17.4. The quantitative estimate of drug-likeness (QED) is 0.487. The average Bonchev–Trinajstić information content (AvgIpc) is 2.58. The molecule has 2 rings (SSSR count). The second-order valence-corrected chi connectivity index (χ2v) is 6.31. The lowest BCUT2D eigenvalue weighted by Gasteiger charge is -2.17. The standard InChI is InChI=1S/C19H22ClNO2S/c1-3-4-13-21-19(24)14(2)22-16-9-11-18(12-10-16)23-17-7-5-15(20)6-8-17/h5-12,14H,3-4,13H2,1-2H3,(H,21,24). The molecule has 3 nitrogen and oxygen atoms in total. The van der Waals surface area contributed by atoms with Crippen molar-refractivity contribution in [2.24, 2.45) is 0 Å². The average molecular weight is 364 g/mol. The van der Waals surface area contributed by atoms with E-state index in [0.29, 0.717) is 5.02 Å². The van der Waals surface area contributed by atoms with Gasteiger partial charge in [0, 0.05) is 11.6 Å². The van der Waals surface area contributed by atoms with Crippen molar-refractivity contribution in [2.45, 2.75) is 32.8 Å². The Balaban J connectivity index is 1.87. The molecule has 0 aromatic heterocycles. The molecule has 1 unspecified atom stereocenters. The molecule has 0 saturated carbocycles. The van der Waals surface area contributed by atoms with Crippen molar-refractivity contribution in [1.82, 2.24) is 5.32 Å². The van der Waals surface area contributed by atoms with Gasteiger partial charge < -0.3 is 14.8 Å². The van der Waals surface area contributed by atoms with E-state index in [-0.39, 0.29) is 6.10 Å². The molecule has 2 aromatic rings. The molecule has 2 aromatic carbocycles. The number of benzene rings is 2. The third kappa shape index (κ3) is 6.02. The van der Waals surface area contributed by atoms with Gasteiger partial charge >= 0.3 is 0 Å². The Morgan fingerprint density at radius 3 is 2.17 bits per heavy atom. The van der Waals surface area contributed by atoms with Crippen LogP contribution in [0.2, 0.25) is 5.02 Å². The van der Waals surface area contributed by atoms with E-state index < -0.39 is 0 Å². The van der Waals surface area contributed by atoms with Gasteiger partial charge in [-0.05, 0) is 61.9 Å². The number of thiocarbonyl (C=S) groups is 1. The summed E-state index contributed by atoms with van der Waals surface area (Å²) in [7, 11) is 0. The monoisotopic (exact) mass is 363 g/mol. The van der Waals surface area contributed by atoms with E-state index in [2.05, 4.69) is 12.2 Å². The Hall–Kier alpha value is -1.78.